The summed E-state index contributed by atoms with van der Waals surface area (Å²) < 4.78 is 0. The van der Waals surface area contributed by atoms with Crippen molar-refractivity contribution in [2.75, 3.05) is 26.7 Å². The Bertz CT molecular complexity index is 489. The van der Waals surface area contributed by atoms with E-state index in [2.05, 4.69) is 5.32 Å². The lowest BCUT2D eigenvalue weighted by atomic mass is 10.1. The third-order valence-corrected chi connectivity index (χ3v) is 5.01. The predicted molar refractivity (Wildman–Crippen MR) is 80.1 cm³/mol. The molecular weight excluding hydrogens is 284 g/mol. The summed E-state index contributed by atoms with van der Waals surface area (Å²) in [5.41, 5.74) is 0. The van der Waals surface area contributed by atoms with Gasteiger partial charge in [0.25, 0.3) is 0 Å². The fraction of sp³-hybridized carbons (Fsp3) is 0.800. The first-order valence-electron chi connectivity index (χ1n) is 8.09. The maximum atomic E-state index is 12.5. The molecule has 22 heavy (non-hydrogen) atoms. The molecule has 2 atom stereocenters. The number of urea groups is 1. The molecule has 3 rings (SSSR count). The standard InChI is InChI=1S/C15H24N4O3/c1-10-14(21)17(2)7-12-8-18(15(22)19(10)12)9-13(20)16-11-5-3-4-6-11/h10-12H,3-9H2,1-2H3,(H,16,20)/t10-,12-/m0/s1. The minimum atomic E-state index is -0.445. The van der Waals surface area contributed by atoms with Crippen LogP contribution in [0.1, 0.15) is 32.6 Å². The molecule has 3 aliphatic rings. The number of fused-ring (bicyclic) bond motifs is 1. The third kappa shape index (κ3) is 2.64. The maximum Gasteiger partial charge on any atom is 0.321 e. The Morgan fingerprint density at radius 1 is 1.23 bits per heavy atom. The number of amides is 4. The lowest BCUT2D eigenvalue weighted by molar-refractivity contribution is -0.139. The molecule has 2 heterocycles. The molecule has 0 aromatic rings. The zero-order valence-corrected chi connectivity index (χ0v) is 13.2. The van der Waals surface area contributed by atoms with Crippen LogP contribution in [0.2, 0.25) is 0 Å². The van der Waals surface area contributed by atoms with Crippen LogP contribution < -0.4 is 5.32 Å². The summed E-state index contributed by atoms with van der Waals surface area (Å²) >= 11 is 0. The molecule has 2 saturated heterocycles. The Labute approximate surface area is 130 Å². The minimum absolute atomic E-state index is 0.00974. The lowest BCUT2D eigenvalue weighted by Crippen LogP contribution is -2.59. The van der Waals surface area contributed by atoms with E-state index < -0.39 is 6.04 Å². The second-order valence-corrected chi connectivity index (χ2v) is 6.67. The van der Waals surface area contributed by atoms with Crippen molar-refractivity contribution in [2.45, 2.75) is 50.7 Å². The monoisotopic (exact) mass is 308 g/mol. The van der Waals surface area contributed by atoms with Crippen molar-refractivity contribution >= 4 is 17.8 Å². The smallest absolute Gasteiger partial charge is 0.321 e. The predicted octanol–water partition coefficient (Wildman–Crippen LogP) is 0.0119. The minimum Gasteiger partial charge on any atom is -0.352 e. The summed E-state index contributed by atoms with van der Waals surface area (Å²) in [6.45, 7) is 2.90. The molecule has 0 aromatic heterocycles. The summed E-state index contributed by atoms with van der Waals surface area (Å²) in [7, 11) is 1.76. The van der Waals surface area contributed by atoms with Crippen molar-refractivity contribution in [1.82, 2.24) is 20.0 Å². The quantitative estimate of drug-likeness (QED) is 0.798. The molecule has 0 unspecified atom stereocenters. The van der Waals surface area contributed by atoms with Crippen LogP contribution in [0.15, 0.2) is 0 Å². The fourth-order valence-electron chi connectivity index (χ4n) is 3.86. The lowest BCUT2D eigenvalue weighted by Gasteiger charge is -2.38. The average molecular weight is 308 g/mol. The topological polar surface area (TPSA) is 73.0 Å². The third-order valence-electron chi connectivity index (χ3n) is 5.01. The van der Waals surface area contributed by atoms with Crippen molar-refractivity contribution in [3.8, 4) is 0 Å². The van der Waals surface area contributed by atoms with Crippen LogP contribution in [0.4, 0.5) is 4.79 Å². The van der Waals surface area contributed by atoms with E-state index in [1.807, 2.05) is 0 Å². The number of piperazine rings is 1. The van der Waals surface area contributed by atoms with Gasteiger partial charge < -0.3 is 20.0 Å². The van der Waals surface area contributed by atoms with Crippen LogP contribution in [0.5, 0.6) is 0 Å². The second-order valence-electron chi connectivity index (χ2n) is 6.67. The van der Waals surface area contributed by atoms with Crippen molar-refractivity contribution < 1.29 is 14.4 Å². The molecule has 2 aliphatic heterocycles. The summed E-state index contributed by atoms with van der Waals surface area (Å²) in [6, 6.07) is -0.386. The van der Waals surface area contributed by atoms with Crippen molar-refractivity contribution in [1.29, 1.82) is 0 Å². The van der Waals surface area contributed by atoms with E-state index >= 15 is 0 Å². The van der Waals surface area contributed by atoms with Crippen LogP contribution in [0.25, 0.3) is 0 Å². The van der Waals surface area contributed by atoms with Gasteiger partial charge in [-0.3, -0.25) is 9.59 Å². The van der Waals surface area contributed by atoms with E-state index in [-0.39, 0.29) is 36.5 Å². The Morgan fingerprint density at radius 3 is 2.59 bits per heavy atom. The molecule has 7 nitrogen and oxygen atoms in total. The van der Waals surface area contributed by atoms with E-state index in [1.165, 1.54) is 0 Å². The van der Waals surface area contributed by atoms with E-state index in [0.29, 0.717) is 13.1 Å². The van der Waals surface area contributed by atoms with Gasteiger partial charge in [0.1, 0.15) is 12.6 Å². The van der Waals surface area contributed by atoms with Gasteiger partial charge in [-0.1, -0.05) is 12.8 Å². The molecule has 1 aliphatic carbocycles. The highest BCUT2D eigenvalue weighted by Crippen LogP contribution is 2.25. The summed E-state index contributed by atoms with van der Waals surface area (Å²) in [6.07, 6.45) is 4.39. The van der Waals surface area contributed by atoms with Crippen LogP contribution >= 0.6 is 0 Å². The number of rotatable bonds is 3. The molecule has 1 saturated carbocycles. The van der Waals surface area contributed by atoms with E-state index in [0.717, 1.165) is 25.7 Å². The maximum absolute atomic E-state index is 12.5. The Balaban J connectivity index is 1.60. The number of carbonyl (C=O) groups is 3. The van der Waals surface area contributed by atoms with Gasteiger partial charge in [0.2, 0.25) is 11.8 Å². The molecule has 0 spiro atoms. The average Bonchev–Trinajstić information content (AvgIpc) is 3.06. The molecule has 0 aromatic carbocycles. The van der Waals surface area contributed by atoms with Gasteiger partial charge in [-0.15, -0.1) is 0 Å². The highest BCUT2D eigenvalue weighted by atomic mass is 16.2. The van der Waals surface area contributed by atoms with E-state index in [9.17, 15) is 14.4 Å². The van der Waals surface area contributed by atoms with Crippen molar-refractivity contribution in [3.05, 3.63) is 0 Å². The fourth-order valence-corrected chi connectivity index (χ4v) is 3.86. The molecule has 3 fully saturated rings. The molecule has 0 bridgehead atoms. The Morgan fingerprint density at radius 2 is 1.91 bits per heavy atom. The highest BCUT2D eigenvalue weighted by Gasteiger charge is 2.47. The van der Waals surface area contributed by atoms with E-state index in [4.69, 9.17) is 0 Å². The molecule has 7 heteroatoms. The van der Waals surface area contributed by atoms with Crippen LogP contribution in [0.3, 0.4) is 0 Å². The second kappa shape index (κ2) is 5.78. The summed E-state index contributed by atoms with van der Waals surface area (Å²) in [5, 5.41) is 3.01. The van der Waals surface area contributed by atoms with Gasteiger partial charge in [0.15, 0.2) is 0 Å². The first kappa shape index (κ1) is 15.1. The first-order valence-corrected chi connectivity index (χ1v) is 8.09. The molecule has 0 radical (unpaired) electrons. The zero-order valence-electron chi connectivity index (χ0n) is 13.2. The van der Waals surface area contributed by atoms with E-state index in [1.54, 1.807) is 28.7 Å². The first-order chi connectivity index (χ1) is 10.5. The largest absolute Gasteiger partial charge is 0.352 e. The zero-order chi connectivity index (χ0) is 15.9. The van der Waals surface area contributed by atoms with Crippen LogP contribution in [0, 0.1) is 0 Å². The molecule has 122 valence electrons. The van der Waals surface area contributed by atoms with Crippen LogP contribution in [-0.4, -0.2) is 77.4 Å². The number of carbonyl (C=O) groups excluding carboxylic acids is 3. The highest BCUT2D eigenvalue weighted by molar-refractivity contribution is 5.91. The Hall–Kier alpha value is -1.79. The summed E-state index contributed by atoms with van der Waals surface area (Å²) in [5.74, 6) is -0.130. The number of likely N-dealkylation sites (N-methyl/N-ethyl adjacent to an activating group) is 1. The number of nitrogens with zero attached hydrogens (tertiary/aromatic N) is 3. The van der Waals surface area contributed by atoms with Gasteiger partial charge in [-0.2, -0.15) is 0 Å². The molecule has 1 N–H and O–H groups in total. The van der Waals surface area contributed by atoms with Gasteiger partial charge in [0, 0.05) is 26.2 Å². The SMILES string of the molecule is C[C@H]1C(=O)N(C)C[C@H]2CN(CC(=O)NC3CCCC3)C(=O)N21. The van der Waals surface area contributed by atoms with Crippen molar-refractivity contribution in [2.24, 2.45) is 0 Å². The molecular formula is C15H24N4O3. The number of hydrogen-bond acceptors (Lipinski definition) is 3. The number of nitrogens with one attached hydrogen (secondary N) is 1. The van der Waals surface area contributed by atoms with Gasteiger partial charge in [-0.05, 0) is 19.8 Å². The number of hydrogen-bond donors (Lipinski definition) is 1. The van der Waals surface area contributed by atoms with Gasteiger partial charge >= 0.3 is 6.03 Å². The van der Waals surface area contributed by atoms with Gasteiger partial charge in [-0.25, -0.2) is 4.79 Å². The van der Waals surface area contributed by atoms with Crippen LogP contribution in [-0.2, 0) is 9.59 Å². The van der Waals surface area contributed by atoms with Gasteiger partial charge in [0.05, 0.1) is 6.04 Å². The van der Waals surface area contributed by atoms with Crippen molar-refractivity contribution in [3.63, 3.8) is 0 Å². The summed E-state index contributed by atoms with van der Waals surface area (Å²) in [4.78, 5) is 41.5. The molecule has 4 amide bonds. The normalized spacial score (nSPS) is 29.3. The Kier molecular flexibility index (Phi) is 3.97.